The molecule has 0 spiro atoms. The Morgan fingerprint density at radius 3 is 2.54 bits per heavy atom. The monoisotopic (exact) mass is 376 g/mol. The van der Waals surface area contributed by atoms with Crippen LogP contribution in [0.3, 0.4) is 0 Å². The van der Waals surface area contributed by atoms with Gasteiger partial charge in [0.2, 0.25) is 5.95 Å². The molecule has 8 nitrogen and oxygen atoms in total. The largest absolute Gasteiger partial charge is 0.479 e. The normalized spacial score (nSPS) is 20.8. The summed E-state index contributed by atoms with van der Waals surface area (Å²) in [5.74, 6) is -1.58. The number of rotatable bonds is 3. The fraction of sp³-hybridized carbons (Fsp3) is 0.600. The topological polar surface area (TPSA) is 105 Å². The molecule has 0 aromatic carbocycles. The van der Waals surface area contributed by atoms with Gasteiger partial charge in [0.15, 0.2) is 5.54 Å². The van der Waals surface area contributed by atoms with Crippen molar-refractivity contribution in [3.05, 3.63) is 18.0 Å². The van der Waals surface area contributed by atoms with Crippen LogP contribution in [0, 0.1) is 0 Å². The highest BCUT2D eigenvalue weighted by molar-refractivity contribution is 5.86. The number of anilines is 1. The average molecular weight is 376 g/mol. The number of carbonyl (C=O) groups excluding carboxylic acids is 1. The van der Waals surface area contributed by atoms with Gasteiger partial charge in [-0.05, 0) is 26.8 Å². The van der Waals surface area contributed by atoms with Crippen molar-refractivity contribution in [1.82, 2.24) is 15.3 Å². The van der Waals surface area contributed by atoms with Gasteiger partial charge in [0.05, 0.1) is 6.54 Å². The molecule has 144 valence electrons. The first-order valence-corrected chi connectivity index (χ1v) is 7.72. The van der Waals surface area contributed by atoms with E-state index < -0.39 is 35.1 Å². The van der Waals surface area contributed by atoms with Crippen molar-refractivity contribution < 1.29 is 32.6 Å². The first-order valence-electron chi connectivity index (χ1n) is 7.72. The Labute approximate surface area is 147 Å². The van der Waals surface area contributed by atoms with E-state index in [1.54, 1.807) is 20.8 Å². The molecule has 1 saturated heterocycles. The Hall–Kier alpha value is -2.59. The Morgan fingerprint density at radius 1 is 1.35 bits per heavy atom. The zero-order chi connectivity index (χ0) is 19.8. The molecule has 1 aromatic heterocycles. The van der Waals surface area contributed by atoms with Gasteiger partial charge in [0.1, 0.15) is 11.3 Å². The van der Waals surface area contributed by atoms with Gasteiger partial charge in [-0.15, -0.1) is 0 Å². The maximum absolute atomic E-state index is 12.8. The molecule has 1 fully saturated rings. The van der Waals surface area contributed by atoms with Gasteiger partial charge in [-0.2, -0.15) is 13.2 Å². The predicted molar refractivity (Wildman–Crippen MR) is 83.6 cm³/mol. The van der Waals surface area contributed by atoms with Crippen LogP contribution in [-0.2, 0) is 15.7 Å². The quantitative estimate of drug-likeness (QED) is 0.832. The Morgan fingerprint density at radius 2 is 2.00 bits per heavy atom. The van der Waals surface area contributed by atoms with E-state index in [1.165, 1.54) is 4.90 Å². The summed E-state index contributed by atoms with van der Waals surface area (Å²) in [6.07, 6.45) is -4.66. The second-order valence-corrected chi connectivity index (χ2v) is 6.93. The summed E-state index contributed by atoms with van der Waals surface area (Å²) >= 11 is 0. The lowest BCUT2D eigenvalue weighted by Crippen LogP contribution is -2.57. The van der Waals surface area contributed by atoms with E-state index in [-0.39, 0.29) is 25.5 Å². The number of ether oxygens (including phenoxy) is 1. The first-order chi connectivity index (χ1) is 11.8. The van der Waals surface area contributed by atoms with E-state index in [0.29, 0.717) is 0 Å². The number of aromatic nitrogens is 2. The number of amides is 1. The van der Waals surface area contributed by atoms with Crippen LogP contribution in [0.5, 0.6) is 0 Å². The van der Waals surface area contributed by atoms with Crippen LogP contribution in [-0.4, -0.2) is 51.4 Å². The molecule has 2 rings (SSSR count). The lowest BCUT2D eigenvalue weighted by Gasteiger charge is -2.28. The van der Waals surface area contributed by atoms with E-state index in [9.17, 15) is 27.9 Å². The van der Waals surface area contributed by atoms with Crippen LogP contribution >= 0.6 is 0 Å². The number of hydrogen-bond acceptors (Lipinski definition) is 6. The summed E-state index contributed by atoms with van der Waals surface area (Å²) in [5, 5.41) is 11.9. The van der Waals surface area contributed by atoms with Crippen molar-refractivity contribution in [1.29, 1.82) is 0 Å². The lowest BCUT2D eigenvalue weighted by molar-refractivity contribution is -0.144. The van der Waals surface area contributed by atoms with Gasteiger partial charge in [-0.25, -0.2) is 19.6 Å². The molecule has 0 bridgehead atoms. The maximum atomic E-state index is 12.8. The van der Waals surface area contributed by atoms with E-state index >= 15 is 0 Å². The SMILES string of the molecule is CC(C)(C)OC(=O)NC1(C(=O)O)CCN(c2nccc(C(F)(F)F)n2)C1. The minimum atomic E-state index is -4.64. The van der Waals surface area contributed by atoms with Crippen molar-refractivity contribution >= 4 is 18.0 Å². The predicted octanol–water partition coefficient (Wildman–Crippen LogP) is 2.05. The van der Waals surface area contributed by atoms with Crippen molar-refractivity contribution in [2.45, 2.75) is 44.5 Å². The van der Waals surface area contributed by atoms with Gasteiger partial charge in [0, 0.05) is 19.2 Å². The molecular weight excluding hydrogens is 357 g/mol. The van der Waals surface area contributed by atoms with Gasteiger partial charge < -0.3 is 20.1 Å². The number of alkyl carbamates (subject to hydrolysis) is 1. The lowest BCUT2D eigenvalue weighted by atomic mass is 9.99. The van der Waals surface area contributed by atoms with E-state index in [0.717, 1.165) is 12.3 Å². The molecule has 1 aliphatic heterocycles. The van der Waals surface area contributed by atoms with Crippen LogP contribution in [0.4, 0.5) is 23.9 Å². The third-order valence-electron chi connectivity index (χ3n) is 3.64. The van der Waals surface area contributed by atoms with Gasteiger partial charge >= 0.3 is 18.2 Å². The third kappa shape index (κ3) is 4.52. The van der Waals surface area contributed by atoms with Gasteiger partial charge in [-0.3, -0.25) is 0 Å². The summed E-state index contributed by atoms with van der Waals surface area (Å²) in [7, 11) is 0. The zero-order valence-corrected chi connectivity index (χ0v) is 14.4. The summed E-state index contributed by atoms with van der Waals surface area (Å²) in [5.41, 5.74) is -3.66. The van der Waals surface area contributed by atoms with E-state index in [4.69, 9.17) is 4.74 Å². The number of nitrogens with zero attached hydrogens (tertiary/aromatic N) is 3. The van der Waals surface area contributed by atoms with E-state index in [2.05, 4.69) is 15.3 Å². The first kappa shape index (κ1) is 19.7. The van der Waals surface area contributed by atoms with Crippen molar-refractivity contribution in [2.75, 3.05) is 18.0 Å². The molecule has 0 aliphatic carbocycles. The fourth-order valence-electron chi connectivity index (χ4n) is 2.47. The number of carbonyl (C=O) groups is 2. The van der Waals surface area contributed by atoms with Gasteiger partial charge in [0.25, 0.3) is 0 Å². The average Bonchev–Trinajstić information content (AvgIpc) is 2.90. The number of alkyl halides is 3. The van der Waals surface area contributed by atoms with Crippen molar-refractivity contribution in [3.8, 4) is 0 Å². The Balaban J connectivity index is 2.20. The summed E-state index contributed by atoms with van der Waals surface area (Å²) in [6, 6.07) is 0.725. The number of aliphatic carboxylic acids is 1. The minimum absolute atomic E-state index is 0.0405. The number of carboxylic acid groups (broad SMARTS) is 1. The smallest absolute Gasteiger partial charge is 0.433 e. The molecule has 1 amide bonds. The van der Waals surface area contributed by atoms with Crippen molar-refractivity contribution in [3.63, 3.8) is 0 Å². The standard InChI is InChI=1S/C15H19F3N4O4/c1-13(2,3)26-12(25)21-14(10(23)24)5-7-22(8-14)11-19-6-4-9(20-11)15(16,17)18/h4,6H,5,7-8H2,1-3H3,(H,21,25)(H,23,24). The summed E-state index contributed by atoms with van der Waals surface area (Å²) in [6.45, 7) is 4.64. The van der Waals surface area contributed by atoms with Crippen LogP contribution in [0.1, 0.15) is 32.9 Å². The number of hydrogen-bond donors (Lipinski definition) is 2. The molecule has 1 atom stereocenters. The Kier molecular flexibility index (Phi) is 5.02. The van der Waals surface area contributed by atoms with Gasteiger partial charge in [-0.1, -0.05) is 0 Å². The number of nitrogens with one attached hydrogen (secondary N) is 1. The summed E-state index contributed by atoms with van der Waals surface area (Å²) in [4.78, 5) is 32.2. The summed E-state index contributed by atoms with van der Waals surface area (Å²) < 4.78 is 43.4. The third-order valence-corrected chi connectivity index (χ3v) is 3.64. The highest BCUT2D eigenvalue weighted by Crippen LogP contribution is 2.30. The Bertz CT molecular complexity index is 705. The molecule has 1 unspecified atom stereocenters. The number of halogens is 3. The molecule has 26 heavy (non-hydrogen) atoms. The molecule has 2 heterocycles. The molecule has 2 N–H and O–H groups in total. The second-order valence-electron chi connectivity index (χ2n) is 6.93. The second kappa shape index (κ2) is 6.61. The highest BCUT2D eigenvalue weighted by atomic mass is 19.4. The van der Waals surface area contributed by atoms with Crippen molar-refractivity contribution in [2.24, 2.45) is 0 Å². The van der Waals surface area contributed by atoms with Crippen LogP contribution in [0.25, 0.3) is 0 Å². The zero-order valence-electron chi connectivity index (χ0n) is 14.4. The molecular formula is C15H19F3N4O4. The van der Waals surface area contributed by atoms with Crippen LogP contribution in [0.15, 0.2) is 12.3 Å². The minimum Gasteiger partial charge on any atom is -0.479 e. The fourth-order valence-corrected chi connectivity index (χ4v) is 2.47. The maximum Gasteiger partial charge on any atom is 0.433 e. The number of carboxylic acids is 1. The molecule has 0 saturated carbocycles. The van der Waals surface area contributed by atoms with Crippen LogP contribution < -0.4 is 10.2 Å². The molecule has 0 radical (unpaired) electrons. The molecule has 1 aliphatic rings. The highest BCUT2D eigenvalue weighted by Gasteiger charge is 2.48. The van der Waals surface area contributed by atoms with E-state index in [1.807, 2.05) is 0 Å². The molecule has 11 heteroatoms. The molecule has 1 aromatic rings. The van der Waals surface area contributed by atoms with Crippen LogP contribution in [0.2, 0.25) is 0 Å².